The molecule has 8 aromatic rings. The van der Waals surface area contributed by atoms with Crippen molar-refractivity contribution in [1.29, 1.82) is 0 Å². The Labute approximate surface area is 344 Å². The van der Waals surface area contributed by atoms with Crippen molar-refractivity contribution in [2.24, 2.45) is 0 Å². The Morgan fingerprint density at radius 1 is 0.475 bits per heavy atom. The van der Waals surface area contributed by atoms with Gasteiger partial charge in [0.2, 0.25) is 5.78 Å². The van der Waals surface area contributed by atoms with Gasteiger partial charge in [0.1, 0.15) is 5.78 Å². The smallest absolute Gasteiger partial charge is 0.372 e. The molecule has 6 aromatic carbocycles. The average Bonchev–Trinajstić information content (AvgIpc) is 3.62. The molecule has 59 heavy (non-hydrogen) atoms. The number of nitrogens with zero attached hydrogens (tertiary/aromatic N) is 2. The van der Waals surface area contributed by atoms with Crippen molar-refractivity contribution in [3.63, 3.8) is 0 Å². The largest absolute Gasteiger partial charge is 0.475 e. The van der Waals surface area contributed by atoms with E-state index >= 15 is 0 Å². The predicted molar refractivity (Wildman–Crippen MR) is 237 cm³/mol. The van der Waals surface area contributed by atoms with E-state index in [4.69, 9.17) is 15.1 Å². The number of Topliss-reactive ketones (excluding diaryl/α,β-unsaturated/α-hetero) is 2. The number of carboxylic acids is 1. The first-order chi connectivity index (χ1) is 28.3. The Morgan fingerprint density at radius 2 is 0.847 bits per heavy atom. The summed E-state index contributed by atoms with van der Waals surface area (Å²) in [7, 11) is 0. The molecule has 6 nitrogen and oxygen atoms in total. The van der Waals surface area contributed by atoms with Gasteiger partial charge in [-0.2, -0.15) is 0 Å². The minimum Gasteiger partial charge on any atom is -0.475 e. The number of hydrogen-bond acceptors (Lipinski definition) is 5. The van der Waals surface area contributed by atoms with Gasteiger partial charge in [0.15, 0.2) is 0 Å². The normalized spacial score (nSPS) is 13.4. The zero-order valence-electron chi connectivity index (χ0n) is 33.8. The lowest BCUT2D eigenvalue weighted by molar-refractivity contribution is -0.150. The Morgan fingerprint density at radius 3 is 1.24 bits per heavy atom. The molecule has 0 radical (unpaired) electrons. The number of carbonyl (C=O) groups excluding carboxylic acids is 2. The molecule has 2 aliphatic carbocycles. The summed E-state index contributed by atoms with van der Waals surface area (Å²) in [4.78, 5) is 39.3. The highest BCUT2D eigenvalue weighted by Crippen LogP contribution is 2.50. The summed E-state index contributed by atoms with van der Waals surface area (Å²) >= 11 is 0. The molecule has 6 heteroatoms. The van der Waals surface area contributed by atoms with E-state index < -0.39 is 24.0 Å². The number of pyridine rings is 2. The van der Waals surface area contributed by atoms with Crippen LogP contribution in [-0.4, -0.2) is 32.6 Å². The van der Waals surface area contributed by atoms with Crippen LogP contribution in [0.2, 0.25) is 0 Å². The van der Waals surface area contributed by atoms with Gasteiger partial charge in [0.25, 0.3) is 0 Å². The van der Waals surface area contributed by atoms with Crippen LogP contribution in [0.4, 0.5) is 0 Å². The number of hydrogen-bond donors (Lipinski definition) is 1. The van der Waals surface area contributed by atoms with Crippen LogP contribution >= 0.6 is 0 Å². The number of aromatic nitrogens is 2. The molecular formula is C53H44N2O4. The van der Waals surface area contributed by atoms with Crippen LogP contribution in [0.1, 0.15) is 63.3 Å². The van der Waals surface area contributed by atoms with Crippen LogP contribution in [0.5, 0.6) is 0 Å². The molecule has 0 amide bonds. The standard InChI is InChI=1S/2C24H19N.C5H6O4/c2*1-24(2)21-10-6-5-9-19(21)20-12-11-17(13-22(20)24)23-14-16-7-3-4-8-18(16)15-25-23;1-3(6)2-4(7)5(8)9/h2*3-15H,1-2H3;2H2,1H3,(H,8,9). The number of rotatable bonds is 5. The van der Waals surface area contributed by atoms with Gasteiger partial charge >= 0.3 is 5.97 Å². The van der Waals surface area contributed by atoms with E-state index in [1.165, 1.54) is 84.1 Å². The molecule has 2 aromatic heterocycles. The van der Waals surface area contributed by atoms with E-state index in [1.54, 1.807) is 0 Å². The van der Waals surface area contributed by atoms with Crippen molar-refractivity contribution in [1.82, 2.24) is 9.97 Å². The van der Waals surface area contributed by atoms with Crippen LogP contribution in [0.15, 0.2) is 158 Å². The first-order valence-electron chi connectivity index (χ1n) is 19.8. The second-order valence-corrected chi connectivity index (χ2v) is 16.3. The maximum atomic E-state index is 10.1. The third-order valence-electron chi connectivity index (χ3n) is 11.7. The van der Waals surface area contributed by atoms with E-state index in [9.17, 15) is 14.4 Å². The number of carboxylic acid groups (broad SMARTS) is 1. The lowest BCUT2D eigenvalue weighted by Gasteiger charge is -2.21. The molecule has 2 aliphatic rings. The minimum atomic E-state index is -1.55. The molecule has 0 bridgehead atoms. The van der Waals surface area contributed by atoms with Crippen molar-refractivity contribution in [3.05, 3.63) is 180 Å². The monoisotopic (exact) mass is 772 g/mol. The summed E-state index contributed by atoms with van der Waals surface area (Å²) in [6, 6.07) is 52.2. The topological polar surface area (TPSA) is 97.2 Å². The fourth-order valence-electron chi connectivity index (χ4n) is 8.51. The second kappa shape index (κ2) is 15.4. The first-order valence-corrected chi connectivity index (χ1v) is 19.8. The van der Waals surface area contributed by atoms with Crippen molar-refractivity contribution >= 4 is 39.1 Å². The summed E-state index contributed by atoms with van der Waals surface area (Å²) in [5, 5.41) is 12.8. The Balaban J connectivity index is 0.000000137. The Bertz CT molecular complexity index is 2780. The molecule has 1 N–H and O–H groups in total. The Hall–Kier alpha value is -7.05. The van der Waals surface area contributed by atoms with Crippen molar-refractivity contribution < 1.29 is 19.5 Å². The van der Waals surface area contributed by atoms with E-state index in [2.05, 4.69) is 173 Å². The minimum absolute atomic E-state index is 0.0266. The van der Waals surface area contributed by atoms with Crippen molar-refractivity contribution in [3.8, 4) is 44.8 Å². The van der Waals surface area contributed by atoms with Crippen LogP contribution in [0.25, 0.3) is 66.3 Å². The molecule has 0 aliphatic heterocycles. The summed E-state index contributed by atoms with van der Waals surface area (Å²) < 4.78 is 0. The second-order valence-electron chi connectivity index (χ2n) is 16.3. The number of ketones is 2. The summed E-state index contributed by atoms with van der Waals surface area (Å²) in [5.74, 6) is -3.03. The molecule has 0 spiro atoms. The molecule has 0 atom stereocenters. The Kier molecular flexibility index (Phi) is 10.1. The molecule has 0 saturated carbocycles. The van der Waals surface area contributed by atoms with E-state index in [1.807, 2.05) is 12.4 Å². The average molecular weight is 773 g/mol. The van der Waals surface area contributed by atoms with Crippen LogP contribution in [0, 0.1) is 0 Å². The third kappa shape index (κ3) is 7.34. The van der Waals surface area contributed by atoms with Gasteiger partial charge in [-0.25, -0.2) is 4.79 Å². The van der Waals surface area contributed by atoms with Gasteiger partial charge in [-0.3, -0.25) is 19.6 Å². The number of benzene rings is 6. The van der Waals surface area contributed by atoms with Gasteiger partial charge in [-0.1, -0.05) is 149 Å². The molecule has 0 unspecified atom stereocenters. The van der Waals surface area contributed by atoms with Crippen LogP contribution < -0.4 is 0 Å². The van der Waals surface area contributed by atoms with E-state index in [-0.39, 0.29) is 10.8 Å². The lowest BCUT2D eigenvalue weighted by Crippen LogP contribution is -2.15. The highest BCUT2D eigenvalue weighted by molar-refractivity contribution is 6.36. The van der Waals surface area contributed by atoms with Crippen molar-refractivity contribution in [2.75, 3.05) is 0 Å². The molecule has 0 saturated heterocycles. The maximum absolute atomic E-state index is 10.1. The molecule has 290 valence electrons. The number of carbonyl (C=O) groups is 3. The highest BCUT2D eigenvalue weighted by atomic mass is 16.4. The summed E-state index contributed by atoms with van der Waals surface area (Å²) in [6.45, 7) is 10.4. The maximum Gasteiger partial charge on any atom is 0.372 e. The zero-order chi connectivity index (χ0) is 41.5. The summed E-state index contributed by atoms with van der Waals surface area (Å²) in [5.41, 5.74) is 15.5. The first kappa shape index (κ1) is 38.8. The number of aliphatic carboxylic acids is 1. The SMILES string of the molecule is CC(=O)CC(=O)C(=O)O.CC1(C)c2ccccc2-c2ccc(-c3cc4ccccc4cn3)cc21.CC1(C)c2ccccc2-c2ccc(-c3cc4ccccc4cn3)cc21. The van der Waals surface area contributed by atoms with Gasteiger partial charge in [-0.05, 0) is 86.5 Å². The molecular weight excluding hydrogens is 729 g/mol. The predicted octanol–water partition coefficient (Wildman–Crippen LogP) is 12.0. The molecule has 10 rings (SSSR count). The highest BCUT2D eigenvalue weighted by Gasteiger charge is 2.36. The lowest BCUT2D eigenvalue weighted by atomic mass is 9.82. The van der Waals surface area contributed by atoms with Gasteiger partial charge in [0.05, 0.1) is 17.8 Å². The number of fused-ring (bicyclic) bond motifs is 8. The summed E-state index contributed by atoms with van der Waals surface area (Å²) in [6.07, 6.45) is 3.44. The van der Waals surface area contributed by atoms with Gasteiger partial charge in [-0.15, -0.1) is 0 Å². The fourth-order valence-corrected chi connectivity index (χ4v) is 8.51. The van der Waals surface area contributed by atoms with Crippen LogP contribution in [0.3, 0.4) is 0 Å². The fraction of sp³-hybridized carbons (Fsp3) is 0.151. The van der Waals surface area contributed by atoms with E-state index in [0.29, 0.717) is 0 Å². The van der Waals surface area contributed by atoms with Gasteiger partial charge < -0.3 is 5.11 Å². The van der Waals surface area contributed by atoms with Crippen LogP contribution in [-0.2, 0) is 25.2 Å². The quantitative estimate of drug-likeness (QED) is 0.138. The van der Waals surface area contributed by atoms with E-state index in [0.717, 1.165) is 11.4 Å². The van der Waals surface area contributed by atoms with Gasteiger partial charge in [0, 0.05) is 45.1 Å². The van der Waals surface area contributed by atoms with Crippen molar-refractivity contribution in [2.45, 2.75) is 51.9 Å². The molecule has 0 fully saturated rings. The zero-order valence-corrected chi connectivity index (χ0v) is 33.8. The molecule has 2 heterocycles. The third-order valence-corrected chi connectivity index (χ3v) is 11.7.